The Bertz CT molecular complexity index is 1000. The Morgan fingerprint density at radius 3 is 1.79 bits per heavy atom. The Balaban J connectivity index is 2.04. The van der Waals surface area contributed by atoms with Crippen molar-refractivity contribution in [1.29, 1.82) is 0 Å². The maximum Gasteiger partial charge on any atom is 0.245 e. The second-order valence-electron chi connectivity index (χ2n) is 6.16. The molecule has 7 heteroatoms. The van der Waals surface area contributed by atoms with Gasteiger partial charge >= 0.3 is 0 Å². The van der Waals surface area contributed by atoms with E-state index in [0.717, 1.165) is 11.1 Å². The van der Waals surface area contributed by atoms with Crippen molar-refractivity contribution >= 4 is 33.2 Å². The number of methoxy groups -OCH3 is 1. The third kappa shape index (κ3) is 4.67. The number of rotatable bonds is 7. The summed E-state index contributed by atoms with van der Waals surface area (Å²) in [5.74, 6) is 0.322. The predicted octanol–water partition coefficient (Wildman–Crippen LogP) is 5.39. The fraction of sp³-hybridized carbons (Fsp3) is 0.143. The normalized spacial score (nSPS) is 11.6. The van der Waals surface area contributed by atoms with Crippen LogP contribution in [0.3, 0.4) is 0 Å². The Hall–Kier alpha value is -2.05. The van der Waals surface area contributed by atoms with E-state index in [9.17, 15) is 8.42 Å². The maximum absolute atomic E-state index is 13.5. The lowest BCUT2D eigenvalue weighted by atomic mass is 10.2. The van der Waals surface area contributed by atoms with Gasteiger partial charge in [0.2, 0.25) is 10.0 Å². The number of ether oxygens (including phenoxy) is 1. The summed E-state index contributed by atoms with van der Waals surface area (Å²) in [5.41, 5.74) is 1.75. The largest absolute Gasteiger partial charge is 0.495 e. The Morgan fingerprint density at radius 2 is 1.32 bits per heavy atom. The van der Waals surface area contributed by atoms with Crippen LogP contribution in [-0.4, -0.2) is 19.8 Å². The first-order valence-electron chi connectivity index (χ1n) is 8.53. The van der Waals surface area contributed by atoms with Crippen LogP contribution < -0.4 is 4.74 Å². The molecule has 3 aromatic rings. The lowest BCUT2D eigenvalue weighted by Gasteiger charge is -2.23. The van der Waals surface area contributed by atoms with Crippen LogP contribution in [0, 0.1) is 0 Å². The van der Waals surface area contributed by atoms with E-state index >= 15 is 0 Å². The average Bonchev–Trinajstić information content (AvgIpc) is 2.70. The molecule has 0 aliphatic heterocycles. The number of benzene rings is 3. The van der Waals surface area contributed by atoms with Gasteiger partial charge in [0.25, 0.3) is 0 Å². The van der Waals surface area contributed by atoms with Crippen LogP contribution in [-0.2, 0) is 23.1 Å². The molecular formula is C21H19Cl2NO3S. The van der Waals surface area contributed by atoms with Crippen molar-refractivity contribution in [2.45, 2.75) is 18.0 Å². The molecule has 0 aliphatic rings. The first-order valence-corrected chi connectivity index (χ1v) is 10.7. The molecule has 3 aromatic carbocycles. The quantitative estimate of drug-likeness (QED) is 0.499. The monoisotopic (exact) mass is 435 g/mol. The van der Waals surface area contributed by atoms with Gasteiger partial charge in [0.1, 0.15) is 10.6 Å². The molecule has 0 saturated heterocycles. The third-order valence-electron chi connectivity index (χ3n) is 4.23. The van der Waals surface area contributed by atoms with Crippen molar-refractivity contribution in [3.05, 3.63) is 94.0 Å². The zero-order valence-electron chi connectivity index (χ0n) is 15.2. The van der Waals surface area contributed by atoms with E-state index in [0.29, 0.717) is 5.75 Å². The van der Waals surface area contributed by atoms with E-state index in [1.807, 2.05) is 60.7 Å². The minimum Gasteiger partial charge on any atom is -0.495 e. The van der Waals surface area contributed by atoms with Crippen LogP contribution in [0.15, 0.2) is 77.7 Å². The molecule has 0 heterocycles. The van der Waals surface area contributed by atoms with E-state index in [1.54, 1.807) is 0 Å². The predicted molar refractivity (Wildman–Crippen MR) is 112 cm³/mol. The van der Waals surface area contributed by atoms with Crippen LogP contribution in [0.1, 0.15) is 11.1 Å². The summed E-state index contributed by atoms with van der Waals surface area (Å²) in [7, 11) is -2.47. The van der Waals surface area contributed by atoms with Gasteiger partial charge in [0, 0.05) is 19.2 Å². The highest BCUT2D eigenvalue weighted by molar-refractivity contribution is 7.89. The maximum atomic E-state index is 13.5. The molecule has 3 rings (SSSR count). The highest BCUT2D eigenvalue weighted by atomic mass is 35.5. The fourth-order valence-corrected chi connectivity index (χ4v) is 5.04. The second-order valence-corrected chi connectivity index (χ2v) is 8.88. The Kier molecular flexibility index (Phi) is 6.62. The lowest BCUT2D eigenvalue weighted by molar-refractivity contribution is 0.400. The van der Waals surface area contributed by atoms with Crippen molar-refractivity contribution in [3.63, 3.8) is 0 Å². The van der Waals surface area contributed by atoms with E-state index in [2.05, 4.69) is 0 Å². The lowest BCUT2D eigenvalue weighted by Crippen LogP contribution is -2.30. The van der Waals surface area contributed by atoms with Crippen LogP contribution in [0.4, 0.5) is 0 Å². The summed E-state index contributed by atoms with van der Waals surface area (Å²) < 4.78 is 33.4. The topological polar surface area (TPSA) is 46.6 Å². The van der Waals surface area contributed by atoms with E-state index < -0.39 is 10.0 Å². The highest BCUT2D eigenvalue weighted by Crippen LogP contribution is 2.35. The van der Waals surface area contributed by atoms with Crippen molar-refractivity contribution in [2.75, 3.05) is 7.11 Å². The summed E-state index contributed by atoms with van der Waals surface area (Å²) in [6, 6.07) is 21.6. The molecular weight excluding hydrogens is 417 g/mol. The van der Waals surface area contributed by atoms with Gasteiger partial charge in [-0.1, -0.05) is 83.9 Å². The molecule has 0 amide bonds. The van der Waals surface area contributed by atoms with Gasteiger partial charge in [-0.3, -0.25) is 0 Å². The molecule has 0 unspecified atom stereocenters. The molecule has 0 spiro atoms. The minimum atomic E-state index is -3.91. The van der Waals surface area contributed by atoms with Gasteiger partial charge < -0.3 is 4.74 Å². The van der Waals surface area contributed by atoms with Gasteiger partial charge in [-0.15, -0.1) is 0 Å². The van der Waals surface area contributed by atoms with Crippen molar-refractivity contribution < 1.29 is 13.2 Å². The zero-order valence-corrected chi connectivity index (χ0v) is 17.5. The second kappa shape index (κ2) is 8.97. The molecule has 146 valence electrons. The van der Waals surface area contributed by atoms with Crippen LogP contribution in [0.2, 0.25) is 10.0 Å². The number of hydrogen-bond acceptors (Lipinski definition) is 3. The molecule has 0 fully saturated rings. The molecule has 0 radical (unpaired) electrons. The van der Waals surface area contributed by atoms with Crippen molar-refractivity contribution in [1.82, 2.24) is 4.31 Å². The number of halogens is 2. The fourth-order valence-electron chi connectivity index (χ4n) is 2.80. The Labute approximate surface area is 175 Å². The summed E-state index contributed by atoms with van der Waals surface area (Å²) in [6.07, 6.45) is 0. The standard InChI is InChI=1S/C21H19Cl2NO3S/c1-27-20-12-19(23)21(13-18(20)22)28(25,26)24(14-16-8-4-2-5-9-16)15-17-10-6-3-7-11-17/h2-13H,14-15H2,1H3. The summed E-state index contributed by atoms with van der Waals surface area (Å²) >= 11 is 12.4. The molecule has 28 heavy (non-hydrogen) atoms. The number of hydrogen-bond donors (Lipinski definition) is 0. The molecule has 0 aromatic heterocycles. The highest BCUT2D eigenvalue weighted by Gasteiger charge is 2.28. The van der Waals surface area contributed by atoms with Crippen molar-refractivity contribution in [3.8, 4) is 5.75 Å². The van der Waals surface area contributed by atoms with E-state index in [4.69, 9.17) is 27.9 Å². The zero-order chi connectivity index (χ0) is 20.1. The van der Waals surface area contributed by atoms with Gasteiger partial charge in [-0.25, -0.2) is 8.42 Å². The number of sulfonamides is 1. The minimum absolute atomic E-state index is 0.0492. The summed E-state index contributed by atoms with van der Waals surface area (Å²) in [5, 5.41) is 0.247. The smallest absolute Gasteiger partial charge is 0.245 e. The van der Waals surface area contributed by atoms with Crippen molar-refractivity contribution in [2.24, 2.45) is 0 Å². The van der Waals surface area contributed by atoms with Gasteiger partial charge in [0.05, 0.1) is 17.2 Å². The SMILES string of the molecule is COc1cc(Cl)c(S(=O)(=O)N(Cc2ccccc2)Cc2ccccc2)cc1Cl. The first-order chi connectivity index (χ1) is 13.4. The Morgan fingerprint density at radius 1 is 0.821 bits per heavy atom. The molecule has 0 N–H and O–H groups in total. The first kappa shape index (κ1) is 20.7. The van der Waals surface area contributed by atoms with Crippen LogP contribution in [0.5, 0.6) is 5.75 Å². The van der Waals surface area contributed by atoms with E-state index in [1.165, 1.54) is 23.5 Å². The summed E-state index contributed by atoms with van der Waals surface area (Å²) in [6.45, 7) is 0.413. The molecule has 0 atom stereocenters. The van der Waals surface area contributed by atoms with Crippen LogP contribution >= 0.6 is 23.2 Å². The number of nitrogens with zero attached hydrogens (tertiary/aromatic N) is 1. The molecule has 0 saturated carbocycles. The molecule has 0 aliphatic carbocycles. The van der Waals surface area contributed by atoms with Gasteiger partial charge in [0.15, 0.2) is 0 Å². The van der Waals surface area contributed by atoms with Gasteiger partial charge in [-0.05, 0) is 17.2 Å². The molecule has 0 bridgehead atoms. The van der Waals surface area contributed by atoms with Gasteiger partial charge in [-0.2, -0.15) is 4.31 Å². The third-order valence-corrected chi connectivity index (χ3v) is 6.78. The van der Waals surface area contributed by atoms with E-state index in [-0.39, 0.29) is 28.0 Å². The molecule has 4 nitrogen and oxygen atoms in total. The summed E-state index contributed by atoms with van der Waals surface area (Å²) in [4.78, 5) is -0.0492. The average molecular weight is 436 g/mol. The van der Waals surface area contributed by atoms with Crippen LogP contribution in [0.25, 0.3) is 0 Å².